The molecule has 0 aliphatic rings. The molecule has 0 aromatic heterocycles. The van der Waals surface area contributed by atoms with E-state index in [0.717, 1.165) is 4.31 Å². The lowest BCUT2D eigenvalue weighted by molar-refractivity contribution is -0.130. The second kappa shape index (κ2) is 7.24. The SMILES string of the molecule is CCN(CC)C(=O)CN(C)S(=O)(=O)c1ccc(Br)cc1N. The van der Waals surface area contributed by atoms with Crippen LogP contribution in [-0.2, 0) is 14.8 Å². The average molecular weight is 378 g/mol. The fourth-order valence-electron chi connectivity index (χ4n) is 1.87. The lowest BCUT2D eigenvalue weighted by Gasteiger charge is -2.23. The third-order valence-corrected chi connectivity index (χ3v) is 5.50. The Labute approximate surface area is 134 Å². The van der Waals surface area contributed by atoms with Crippen molar-refractivity contribution in [1.82, 2.24) is 9.21 Å². The maximum Gasteiger partial charge on any atom is 0.245 e. The van der Waals surface area contributed by atoms with E-state index in [1.54, 1.807) is 11.0 Å². The molecule has 118 valence electrons. The van der Waals surface area contributed by atoms with E-state index in [9.17, 15) is 13.2 Å². The number of rotatable bonds is 6. The number of carbonyl (C=O) groups is 1. The Bertz CT molecular complexity index is 615. The smallest absolute Gasteiger partial charge is 0.245 e. The summed E-state index contributed by atoms with van der Waals surface area (Å²) in [5, 5.41) is 0. The Hall–Kier alpha value is -1.12. The summed E-state index contributed by atoms with van der Waals surface area (Å²) < 4.78 is 26.6. The summed E-state index contributed by atoms with van der Waals surface area (Å²) in [5.41, 5.74) is 5.90. The number of hydrogen-bond donors (Lipinski definition) is 1. The Kier molecular flexibility index (Phi) is 6.18. The first-order valence-corrected chi connectivity index (χ1v) is 8.76. The third kappa shape index (κ3) is 4.18. The van der Waals surface area contributed by atoms with Crippen molar-refractivity contribution >= 4 is 37.5 Å². The average Bonchev–Trinajstić information content (AvgIpc) is 2.39. The molecule has 1 rings (SSSR count). The van der Waals surface area contributed by atoms with Crippen LogP contribution in [0, 0.1) is 0 Å². The molecule has 0 aliphatic carbocycles. The molecule has 1 aromatic carbocycles. The summed E-state index contributed by atoms with van der Waals surface area (Å²) in [6.45, 7) is 4.58. The Morgan fingerprint density at radius 2 is 1.86 bits per heavy atom. The number of hydrogen-bond acceptors (Lipinski definition) is 4. The van der Waals surface area contributed by atoms with E-state index in [2.05, 4.69) is 15.9 Å². The van der Waals surface area contributed by atoms with E-state index < -0.39 is 10.0 Å². The van der Waals surface area contributed by atoms with Gasteiger partial charge in [-0.05, 0) is 32.0 Å². The van der Waals surface area contributed by atoms with Crippen molar-refractivity contribution < 1.29 is 13.2 Å². The van der Waals surface area contributed by atoms with E-state index >= 15 is 0 Å². The molecule has 2 N–H and O–H groups in total. The van der Waals surface area contributed by atoms with Crippen LogP contribution in [0.3, 0.4) is 0 Å². The van der Waals surface area contributed by atoms with Crippen molar-refractivity contribution in [3.63, 3.8) is 0 Å². The molecule has 0 unspecified atom stereocenters. The van der Waals surface area contributed by atoms with Crippen LogP contribution in [0.25, 0.3) is 0 Å². The number of carbonyl (C=O) groups excluding carboxylic acids is 1. The van der Waals surface area contributed by atoms with Crippen molar-refractivity contribution in [2.45, 2.75) is 18.7 Å². The van der Waals surface area contributed by atoms with Crippen LogP contribution in [-0.4, -0.2) is 50.2 Å². The zero-order valence-corrected chi connectivity index (χ0v) is 14.7. The third-order valence-electron chi connectivity index (χ3n) is 3.13. The second-order valence-corrected chi connectivity index (χ2v) is 7.44. The number of nitrogens with zero attached hydrogens (tertiary/aromatic N) is 2. The van der Waals surface area contributed by atoms with Crippen LogP contribution in [0.5, 0.6) is 0 Å². The van der Waals surface area contributed by atoms with Crippen molar-refractivity contribution in [2.75, 3.05) is 32.4 Å². The van der Waals surface area contributed by atoms with Gasteiger partial charge in [-0.3, -0.25) is 4.79 Å². The Balaban J connectivity index is 2.99. The van der Waals surface area contributed by atoms with Crippen molar-refractivity contribution in [2.24, 2.45) is 0 Å². The van der Waals surface area contributed by atoms with Gasteiger partial charge in [0.15, 0.2) is 0 Å². The predicted molar refractivity (Wildman–Crippen MR) is 86.3 cm³/mol. The second-order valence-electron chi connectivity index (χ2n) is 4.51. The number of amides is 1. The van der Waals surface area contributed by atoms with E-state index in [-0.39, 0.29) is 23.0 Å². The van der Waals surface area contributed by atoms with Gasteiger partial charge in [0.1, 0.15) is 4.90 Å². The van der Waals surface area contributed by atoms with Crippen molar-refractivity contribution in [3.8, 4) is 0 Å². The van der Waals surface area contributed by atoms with Crippen LogP contribution in [0.15, 0.2) is 27.6 Å². The molecule has 0 aliphatic heterocycles. The molecule has 1 amide bonds. The van der Waals surface area contributed by atoms with E-state index in [1.807, 2.05) is 13.8 Å². The highest BCUT2D eigenvalue weighted by molar-refractivity contribution is 9.10. The molecular weight excluding hydrogens is 358 g/mol. The maximum atomic E-state index is 12.5. The molecule has 0 saturated heterocycles. The number of sulfonamides is 1. The summed E-state index contributed by atoms with van der Waals surface area (Å²) in [5.74, 6) is -0.234. The summed E-state index contributed by atoms with van der Waals surface area (Å²) in [4.78, 5) is 13.6. The summed E-state index contributed by atoms with van der Waals surface area (Å²) in [7, 11) is -2.42. The van der Waals surface area contributed by atoms with E-state index in [0.29, 0.717) is 17.6 Å². The number of nitrogen functional groups attached to an aromatic ring is 1. The summed E-state index contributed by atoms with van der Waals surface area (Å²) in [6.07, 6.45) is 0. The zero-order valence-electron chi connectivity index (χ0n) is 12.3. The monoisotopic (exact) mass is 377 g/mol. The van der Waals surface area contributed by atoms with Gasteiger partial charge in [-0.1, -0.05) is 15.9 Å². The largest absolute Gasteiger partial charge is 0.398 e. The van der Waals surface area contributed by atoms with Gasteiger partial charge in [-0.15, -0.1) is 0 Å². The molecule has 0 bridgehead atoms. The standard InChI is InChI=1S/C13H20BrN3O3S/c1-4-17(5-2)13(18)9-16(3)21(19,20)12-7-6-10(14)8-11(12)15/h6-8H,4-5,9,15H2,1-3H3. The van der Waals surface area contributed by atoms with Gasteiger partial charge in [-0.2, -0.15) is 4.31 Å². The van der Waals surface area contributed by atoms with Crippen LogP contribution >= 0.6 is 15.9 Å². The van der Waals surface area contributed by atoms with E-state index in [1.165, 1.54) is 19.2 Å². The maximum absolute atomic E-state index is 12.5. The van der Waals surface area contributed by atoms with Crippen LogP contribution < -0.4 is 5.73 Å². The van der Waals surface area contributed by atoms with Gasteiger partial charge in [0.2, 0.25) is 15.9 Å². The number of nitrogens with two attached hydrogens (primary N) is 1. The molecule has 0 atom stereocenters. The molecule has 0 fully saturated rings. The Morgan fingerprint density at radius 1 is 1.29 bits per heavy atom. The Morgan fingerprint density at radius 3 is 2.33 bits per heavy atom. The quantitative estimate of drug-likeness (QED) is 0.761. The number of benzene rings is 1. The number of likely N-dealkylation sites (N-methyl/N-ethyl adjacent to an activating group) is 2. The lowest BCUT2D eigenvalue weighted by Crippen LogP contribution is -2.41. The minimum Gasteiger partial charge on any atom is -0.398 e. The lowest BCUT2D eigenvalue weighted by atomic mass is 10.3. The normalized spacial score (nSPS) is 11.7. The molecule has 0 radical (unpaired) electrons. The first-order valence-electron chi connectivity index (χ1n) is 6.53. The minimum atomic E-state index is -3.79. The van der Waals surface area contributed by atoms with Crippen LogP contribution in [0.2, 0.25) is 0 Å². The topological polar surface area (TPSA) is 83.7 Å². The van der Waals surface area contributed by atoms with Crippen LogP contribution in [0.4, 0.5) is 5.69 Å². The molecule has 1 aromatic rings. The molecule has 8 heteroatoms. The first-order chi connectivity index (χ1) is 9.73. The molecule has 0 saturated carbocycles. The van der Waals surface area contributed by atoms with Gasteiger partial charge in [-0.25, -0.2) is 8.42 Å². The fraction of sp³-hybridized carbons (Fsp3) is 0.462. The fourth-order valence-corrected chi connectivity index (χ4v) is 3.47. The highest BCUT2D eigenvalue weighted by atomic mass is 79.9. The van der Waals surface area contributed by atoms with Gasteiger partial charge >= 0.3 is 0 Å². The van der Waals surface area contributed by atoms with Gasteiger partial charge < -0.3 is 10.6 Å². The highest BCUT2D eigenvalue weighted by Gasteiger charge is 2.26. The van der Waals surface area contributed by atoms with Crippen molar-refractivity contribution in [3.05, 3.63) is 22.7 Å². The van der Waals surface area contributed by atoms with Crippen molar-refractivity contribution in [1.29, 1.82) is 0 Å². The molecule has 21 heavy (non-hydrogen) atoms. The number of anilines is 1. The number of halogens is 1. The van der Waals surface area contributed by atoms with Crippen LogP contribution in [0.1, 0.15) is 13.8 Å². The highest BCUT2D eigenvalue weighted by Crippen LogP contribution is 2.25. The molecule has 0 spiro atoms. The predicted octanol–water partition coefficient (Wildman–Crippen LogP) is 1.52. The summed E-state index contributed by atoms with van der Waals surface area (Å²) in [6, 6.07) is 4.55. The molecular formula is C13H20BrN3O3S. The van der Waals surface area contributed by atoms with E-state index in [4.69, 9.17) is 5.73 Å². The molecule has 0 heterocycles. The van der Waals surface area contributed by atoms with Gasteiger partial charge in [0.25, 0.3) is 0 Å². The first kappa shape index (κ1) is 17.9. The minimum absolute atomic E-state index is 0.000506. The van der Waals surface area contributed by atoms with Gasteiger partial charge in [0, 0.05) is 24.6 Å². The summed E-state index contributed by atoms with van der Waals surface area (Å²) >= 11 is 3.23. The molecule has 6 nitrogen and oxygen atoms in total. The zero-order chi connectivity index (χ0) is 16.2. The van der Waals surface area contributed by atoms with Gasteiger partial charge in [0.05, 0.1) is 12.2 Å².